The summed E-state index contributed by atoms with van der Waals surface area (Å²) in [5.74, 6) is 0.754. The number of benzene rings is 2. The molecule has 1 aromatic heterocycles. The quantitative estimate of drug-likeness (QED) is 0.609. The van der Waals surface area contributed by atoms with E-state index < -0.39 is 0 Å². The van der Waals surface area contributed by atoms with Gasteiger partial charge in [-0.3, -0.25) is 0 Å². The third-order valence-corrected chi connectivity index (χ3v) is 5.20. The summed E-state index contributed by atoms with van der Waals surface area (Å²) < 4.78 is 11.7. The first-order chi connectivity index (χ1) is 12.7. The molecule has 0 fully saturated rings. The van der Waals surface area contributed by atoms with Crippen LogP contribution in [0.1, 0.15) is 40.7 Å². The fraction of sp³-hybridized carbons (Fsp3) is 0.261. The molecule has 0 bridgehead atoms. The molecule has 4 rings (SSSR count). The van der Waals surface area contributed by atoms with Gasteiger partial charge >= 0.3 is 5.63 Å². The van der Waals surface area contributed by atoms with Gasteiger partial charge in [-0.2, -0.15) is 0 Å². The van der Waals surface area contributed by atoms with Crippen LogP contribution in [0.5, 0.6) is 5.75 Å². The number of aryl methyl sites for hydroxylation is 2. The van der Waals surface area contributed by atoms with Crippen LogP contribution >= 0.6 is 0 Å². The lowest BCUT2D eigenvalue weighted by molar-refractivity contribution is 0.304. The molecule has 3 nitrogen and oxygen atoms in total. The summed E-state index contributed by atoms with van der Waals surface area (Å²) >= 11 is 0. The van der Waals surface area contributed by atoms with Crippen molar-refractivity contribution in [2.45, 2.75) is 39.2 Å². The lowest BCUT2D eigenvalue weighted by Gasteiger charge is -2.18. The molecule has 0 spiro atoms. The molecule has 0 atom stereocenters. The fourth-order valence-corrected chi connectivity index (χ4v) is 3.69. The molecule has 3 aromatic rings. The normalized spacial score (nSPS) is 13.4. The van der Waals surface area contributed by atoms with Crippen LogP contribution in [0.4, 0.5) is 0 Å². The van der Waals surface area contributed by atoms with Gasteiger partial charge in [-0.1, -0.05) is 36.9 Å². The monoisotopic (exact) mass is 346 g/mol. The molecule has 0 radical (unpaired) electrons. The van der Waals surface area contributed by atoms with E-state index in [1.165, 1.54) is 0 Å². The Labute approximate surface area is 152 Å². The number of hydrogen-bond acceptors (Lipinski definition) is 3. The van der Waals surface area contributed by atoms with Gasteiger partial charge in [0.1, 0.15) is 17.9 Å². The minimum atomic E-state index is -0.188. The zero-order chi connectivity index (χ0) is 18.1. The van der Waals surface area contributed by atoms with E-state index in [-0.39, 0.29) is 5.63 Å². The summed E-state index contributed by atoms with van der Waals surface area (Å²) in [6.07, 6.45) is 5.79. The van der Waals surface area contributed by atoms with Crippen LogP contribution in [0, 0.1) is 6.92 Å². The van der Waals surface area contributed by atoms with Crippen molar-refractivity contribution in [3.63, 3.8) is 0 Å². The predicted molar refractivity (Wildman–Crippen MR) is 105 cm³/mol. The van der Waals surface area contributed by atoms with Gasteiger partial charge in [-0.25, -0.2) is 4.79 Å². The van der Waals surface area contributed by atoms with Crippen molar-refractivity contribution in [3.05, 3.63) is 81.2 Å². The van der Waals surface area contributed by atoms with Gasteiger partial charge in [0.25, 0.3) is 0 Å². The van der Waals surface area contributed by atoms with Crippen molar-refractivity contribution in [1.82, 2.24) is 0 Å². The minimum absolute atomic E-state index is 0.188. The first-order valence-electron chi connectivity index (χ1n) is 9.09. The Kier molecular flexibility index (Phi) is 4.37. The highest BCUT2D eigenvalue weighted by Gasteiger charge is 2.20. The highest BCUT2D eigenvalue weighted by molar-refractivity contribution is 5.86. The van der Waals surface area contributed by atoms with Crippen molar-refractivity contribution in [2.24, 2.45) is 0 Å². The Balaban J connectivity index is 1.67. The third-order valence-electron chi connectivity index (χ3n) is 5.20. The standard InChI is InChI=1S/C23H22O3/c1-3-16-8-10-17(11-9-16)14-25-21-13-12-19-18-6-4-5-7-20(18)23(24)26-22(19)15(21)2/h3,8-13H,1,4-7,14H2,2H3. The van der Waals surface area contributed by atoms with Crippen molar-refractivity contribution >= 4 is 17.0 Å². The van der Waals surface area contributed by atoms with Gasteiger partial charge in [0.05, 0.1) is 0 Å². The Morgan fingerprint density at radius 2 is 1.81 bits per heavy atom. The number of hydrogen-bond donors (Lipinski definition) is 0. The van der Waals surface area contributed by atoms with Crippen LogP contribution in [0.3, 0.4) is 0 Å². The second-order valence-electron chi connectivity index (χ2n) is 6.85. The minimum Gasteiger partial charge on any atom is -0.488 e. The van der Waals surface area contributed by atoms with Gasteiger partial charge < -0.3 is 9.15 Å². The Morgan fingerprint density at radius 1 is 1.08 bits per heavy atom. The largest absolute Gasteiger partial charge is 0.488 e. The average Bonchev–Trinajstić information content (AvgIpc) is 2.69. The number of ether oxygens (including phenoxy) is 1. The Morgan fingerprint density at radius 3 is 2.54 bits per heavy atom. The van der Waals surface area contributed by atoms with E-state index in [9.17, 15) is 4.79 Å². The van der Waals surface area contributed by atoms with E-state index in [0.717, 1.165) is 64.6 Å². The molecule has 1 aliphatic rings. The van der Waals surface area contributed by atoms with Crippen LogP contribution in [-0.2, 0) is 19.4 Å². The maximum absolute atomic E-state index is 12.4. The molecule has 3 heteroatoms. The Hall–Kier alpha value is -2.81. The van der Waals surface area contributed by atoms with Gasteiger partial charge in [0.15, 0.2) is 0 Å². The van der Waals surface area contributed by atoms with E-state index in [1.54, 1.807) is 0 Å². The smallest absolute Gasteiger partial charge is 0.339 e. The number of fused-ring (bicyclic) bond motifs is 3. The molecule has 26 heavy (non-hydrogen) atoms. The van der Waals surface area contributed by atoms with Crippen LogP contribution < -0.4 is 10.4 Å². The van der Waals surface area contributed by atoms with E-state index >= 15 is 0 Å². The summed E-state index contributed by atoms with van der Waals surface area (Å²) in [5.41, 5.74) is 5.55. The molecular weight excluding hydrogens is 324 g/mol. The van der Waals surface area contributed by atoms with Crippen LogP contribution in [0.25, 0.3) is 17.0 Å². The maximum atomic E-state index is 12.4. The second kappa shape index (κ2) is 6.83. The van der Waals surface area contributed by atoms with Crippen molar-refractivity contribution < 1.29 is 9.15 Å². The molecule has 1 heterocycles. The van der Waals surface area contributed by atoms with E-state index in [2.05, 4.69) is 6.58 Å². The van der Waals surface area contributed by atoms with Gasteiger partial charge in [-0.15, -0.1) is 0 Å². The average molecular weight is 346 g/mol. The third kappa shape index (κ3) is 2.94. The summed E-state index contributed by atoms with van der Waals surface area (Å²) in [6.45, 7) is 6.19. The molecule has 0 unspecified atom stereocenters. The zero-order valence-electron chi connectivity index (χ0n) is 15.0. The van der Waals surface area contributed by atoms with Crippen molar-refractivity contribution in [3.8, 4) is 5.75 Å². The van der Waals surface area contributed by atoms with Crippen LogP contribution in [0.15, 0.2) is 52.2 Å². The highest BCUT2D eigenvalue weighted by Crippen LogP contribution is 2.32. The highest BCUT2D eigenvalue weighted by atomic mass is 16.5. The molecule has 0 N–H and O–H groups in total. The molecule has 0 saturated carbocycles. The first kappa shape index (κ1) is 16.6. The summed E-state index contributed by atoms with van der Waals surface area (Å²) in [6, 6.07) is 12.1. The van der Waals surface area contributed by atoms with Gasteiger partial charge in [-0.05, 0) is 61.4 Å². The number of rotatable bonds is 4. The maximum Gasteiger partial charge on any atom is 0.339 e. The van der Waals surface area contributed by atoms with Gasteiger partial charge in [0, 0.05) is 16.5 Å². The predicted octanol–water partition coefficient (Wildman–Crippen LogP) is 5.20. The zero-order valence-corrected chi connectivity index (χ0v) is 15.0. The summed E-state index contributed by atoms with van der Waals surface area (Å²) in [5, 5.41) is 1.06. The van der Waals surface area contributed by atoms with Crippen molar-refractivity contribution in [2.75, 3.05) is 0 Å². The summed E-state index contributed by atoms with van der Waals surface area (Å²) in [4.78, 5) is 12.4. The van der Waals surface area contributed by atoms with Crippen LogP contribution in [0.2, 0.25) is 0 Å². The van der Waals surface area contributed by atoms with E-state index in [4.69, 9.17) is 9.15 Å². The molecule has 0 saturated heterocycles. The SMILES string of the molecule is C=Cc1ccc(COc2ccc3c4c(c(=O)oc3c2C)CCCC4)cc1. The molecule has 0 aliphatic heterocycles. The van der Waals surface area contributed by atoms with E-state index in [0.29, 0.717) is 12.2 Å². The topological polar surface area (TPSA) is 39.4 Å². The van der Waals surface area contributed by atoms with E-state index in [1.807, 2.05) is 49.4 Å². The molecular formula is C23H22O3. The van der Waals surface area contributed by atoms with Gasteiger partial charge in [0.2, 0.25) is 0 Å². The Bertz CT molecular complexity index is 1030. The molecule has 0 amide bonds. The first-order valence-corrected chi connectivity index (χ1v) is 9.09. The second-order valence-corrected chi connectivity index (χ2v) is 6.85. The van der Waals surface area contributed by atoms with Crippen molar-refractivity contribution in [1.29, 1.82) is 0 Å². The summed E-state index contributed by atoms with van der Waals surface area (Å²) in [7, 11) is 0. The molecule has 132 valence electrons. The fourth-order valence-electron chi connectivity index (χ4n) is 3.69. The molecule has 1 aliphatic carbocycles. The lowest BCUT2D eigenvalue weighted by atomic mass is 9.90. The lowest BCUT2D eigenvalue weighted by Crippen LogP contribution is -2.16. The van der Waals surface area contributed by atoms with Crippen LogP contribution in [-0.4, -0.2) is 0 Å². The molecule has 2 aromatic carbocycles.